The molecule has 3 aromatic rings. The number of barbiturate groups is 1. The number of hydrogen-bond acceptors (Lipinski definition) is 4. The van der Waals surface area contributed by atoms with E-state index in [1.165, 1.54) is 18.2 Å². The van der Waals surface area contributed by atoms with Gasteiger partial charge in [0.05, 0.1) is 5.69 Å². The van der Waals surface area contributed by atoms with Crippen LogP contribution in [0.1, 0.15) is 16.7 Å². The maximum atomic E-state index is 13.1. The van der Waals surface area contributed by atoms with Crippen LogP contribution in [0.4, 0.5) is 10.5 Å². The second kappa shape index (κ2) is 10.6. The maximum Gasteiger partial charge on any atom is 0.335 e. The fourth-order valence-corrected chi connectivity index (χ4v) is 3.88. The number of allylic oxidation sites excluding steroid dienone is 1. The Morgan fingerprint density at radius 1 is 0.943 bits per heavy atom. The van der Waals surface area contributed by atoms with Gasteiger partial charge in [0.15, 0.2) is 0 Å². The zero-order valence-corrected chi connectivity index (χ0v) is 20.0. The molecule has 1 N–H and O–H groups in total. The van der Waals surface area contributed by atoms with Crippen molar-refractivity contribution in [2.45, 2.75) is 13.0 Å². The number of rotatable bonds is 7. The summed E-state index contributed by atoms with van der Waals surface area (Å²) in [5.74, 6) is -0.871. The van der Waals surface area contributed by atoms with E-state index >= 15 is 0 Å². The SMILES string of the molecule is C=CCc1cc(/C=C2\C(=O)NC(=O)N(c3ccc(Cl)cc3)C2=O)ccc1OCc1ccccc1Cl. The number of nitrogens with zero attached hydrogens (tertiary/aromatic N) is 1. The molecule has 0 spiro atoms. The minimum absolute atomic E-state index is 0.172. The summed E-state index contributed by atoms with van der Waals surface area (Å²) in [6.07, 6.45) is 3.68. The number of amides is 4. The van der Waals surface area contributed by atoms with Crippen molar-refractivity contribution in [1.29, 1.82) is 0 Å². The average Bonchev–Trinajstić information content (AvgIpc) is 2.83. The molecular formula is C27H20Cl2N2O4. The number of ether oxygens (including phenoxy) is 1. The van der Waals surface area contributed by atoms with E-state index in [9.17, 15) is 14.4 Å². The Kier molecular flexibility index (Phi) is 7.34. The molecule has 1 heterocycles. The highest BCUT2D eigenvalue weighted by Crippen LogP contribution is 2.27. The van der Waals surface area contributed by atoms with Crippen molar-refractivity contribution >= 4 is 52.8 Å². The third-order valence-corrected chi connectivity index (χ3v) is 5.91. The highest BCUT2D eigenvalue weighted by Gasteiger charge is 2.36. The molecule has 1 fully saturated rings. The Balaban J connectivity index is 1.62. The average molecular weight is 507 g/mol. The molecule has 6 nitrogen and oxygen atoms in total. The first kappa shape index (κ1) is 24.3. The minimum Gasteiger partial charge on any atom is -0.489 e. The van der Waals surface area contributed by atoms with Gasteiger partial charge in [0.1, 0.15) is 17.9 Å². The van der Waals surface area contributed by atoms with Crippen LogP contribution in [-0.2, 0) is 22.6 Å². The van der Waals surface area contributed by atoms with Crippen LogP contribution in [0, 0.1) is 0 Å². The van der Waals surface area contributed by atoms with Crippen LogP contribution in [0.25, 0.3) is 6.08 Å². The summed E-state index contributed by atoms with van der Waals surface area (Å²) in [5.41, 5.74) is 2.38. The molecule has 3 aromatic carbocycles. The zero-order valence-electron chi connectivity index (χ0n) is 18.5. The Hall–Kier alpha value is -3.87. The lowest BCUT2D eigenvalue weighted by atomic mass is 10.0. The highest BCUT2D eigenvalue weighted by molar-refractivity contribution is 6.39. The van der Waals surface area contributed by atoms with E-state index in [2.05, 4.69) is 11.9 Å². The van der Waals surface area contributed by atoms with Gasteiger partial charge in [-0.1, -0.05) is 53.5 Å². The molecule has 1 aliphatic rings. The second-order valence-electron chi connectivity index (χ2n) is 7.67. The molecule has 0 bridgehead atoms. The molecule has 4 rings (SSSR count). The molecule has 1 aliphatic heterocycles. The smallest absolute Gasteiger partial charge is 0.335 e. The van der Waals surface area contributed by atoms with Gasteiger partial charge in [-0.3, -0.25) is 14.9 Å². The van der Waals surface area contributed by atoms with E-state index < -0.39 is 17.8 Å². The lowest BCUT2D eigenvalue weighted by molar-refractivity contribution is -0.122. The Morgan fingerprint density at radius 3 is 2.40 bits per heavy atom. The monoisotopic (exact) mass is 506 g/mol. The van der Waals surface area contributed by atoms with E-state index in [1.807, 2.05) is 18.2 Å². The van der Waals surface area contributed by atoms with Crippen molar-refractivity contribution < 1.29 is 19.1 Å². The summed E-state index contributed by atoms with van der Waals surface area (Å²) in [5, 5.41) is 3.28. The van der Waals surface area contributed by atoms with E-state index in [0.29, 0.717) is 33.5 Å². The summed E-state index contributed by atoms with van der Waals surface area (Å²) >= 11 is 12.1. The molecule has 0 unspecified atom stereocenters. The van der Waals surface area contributed by atoms with Gasteiger partial charge in [-0.25, -0.2) is 9.69 Å². The maximum absolute atomic E-state index is 13.1. The van der Waals surface area contributed by atoms with Gasteiger partial charge in [0, 0.05) is 15.6 Å². The van der Waals surface area contributed by atoms with Crippen molar-refractivity contribution in [3.05, 3.63) is 112 Å². The summed E-state index contributed by atoms with van der Waals surface area (Å²) < 4.78 is 5.98. The fraction of sp³-hybridized carbons (Fsp3) is 0.0741. The van der Waals surface area contributed by atoms with Crippen LogP contribution in [0.5, 0.6) is 5.75 Å². The van der Waals surface area contributed by atoms with Crippen molar-refractivity contribution in [2.24, 2.45) is 0 Å². The number of anilines is 1. The topological polar surface area (TPSA) is 75.7 Å². The molecule has 0 radical (unpaired) electrons. The lowest BCUT2D eigenvalue weighted by Crippen LogP contribution is -2.54. The molecular weight excluding hydrogens is 487 g/mol. The van der Waals surface area contributed by atoms with Crippen molar-refractivity contribution in [1.82, 2.24) is 5.32 Å². The first-order valence-electron chi connectivity index (χ1n) is 10.6. The standard InChI is InChI=1S/C27H20Cl2N2O4/c1-2-5-18-14-17(8-13-24(18)35-16-19-6-3-4-7-23(19)29)15-22-25(32)30-27(34)31(26(22)33)21-11-9-20(28)10-12-21/h2-4,6-15H,1,5,16H2,(H,30,32,34)/b22-15+. The van der Waals surface area contributed by atoms with Gasteiger partial charge >= 0.3 is 6.03 Å². The van der Waals surface area contributed by atoms with Gasteiger partial charge in [-0.15, -0.1) is 6.58 Å². The van der Waals surface area contributed by atoms with Crippen LogP contribution in [0.3, 0.4) is 0 Å². The van der Waals surface area contributed by atoms with Crippen LogP contribution >= 0.6 is 23.2 Å². The number of hydrogen-bond donors (Lipinski definition) is 1. The van der Waals surface area contributed by atoms with Crippen molar-refractivity contribution in [3.8, 4) is 5.75 Å². The summed E-state index contributed by atoms with van der Waals surface area (Å²) in [6, 6.07) is 18.0. The number of halogens is 2. The van der Waals surface area contributed by atoms with Crippen LogP contribution < -0.4 is 15.0 Å². The number of carbonyl (C=O) groups is 3. The minimum atomic E-state index is -0.824. The molecule has 1 saturated heterocycles. The van der Waals surface area contributed by atoms with Gasteiger partial charge in [-0.05, 0) is 66.1 Å². The first-order chi connectivity index (χ1) is 16.9. The number of urea groups is 1. The van der Waals surface area contributed by atoms with Crippen molar-refractivity contribution in [2.75, 3.05) is 4.90 Å². The summed E-state index contributed by atoms with van der Waals surface area (Å²) in [4.78, 5) is 38.9. The van der Waals surface area contributed by atoms with Gasteiger partial charge < -0.3 is 4.74 Å². The van der Waals surface area contributed by atoms with Gasteiger partial charge in [0.25, 0.3) is 11.8 Å². The molecule has 35 heavy (non-hydrogen) atoms. The molecule has 8 heteroatoms. The van der Waals surface area contributed by atoms with Crippen LogP contribution in [0.2, 0.25) is 10.0 Å². The molecule has 0 saturated carbocycles. The molecule has 176 valence electrons. The predicted octanol–water partition coefficient (Wildman–Crippen LogP) is 5.97. The summed E-state index contributed by atoms with van der Waals surface area (Å²) in [6.45, 7) is 4.07. The van der Waals surface area contributed by atoms with E-state index in [0.717, 1.165) is 16.0 Å². The molecule has 0 aliphatic carbocycles. The van der Waals surface area contributed by atoms with Gasteiger partial charge in [0.2, 0.25) is 0 Å². The number of imide groups is 2. The largest absolute Gasteiger partial charge is 0.489 e. The van der Waals surface area contributed by atoms with E-state index in [1.54, 1.807) is 42.5 Å². The Morgan fingerprint density at radius 2 is 1.69 bits per heavy atom. The van der Waals surface area contributed by atoms with E-state index in [-0.39, 0.29) is 12.2 Å². The normalized spacial score (nSPS) is 14.7. The molecule has 4 amide bonds. The first-order valence-corrected chi connectivity index (χ1v) is 11.4. The van der Waals surface area contributed by atoms with Crippen molar-refractivity contribution in [3.63, 3.8) is 0 Å². The van der Waals surface area contributed by atoms with Gasteiger partial charge in [-0.2, -0.15) is 0 Å². The van der Waals surface area contributed by atoms with Crippen LogP contribution in [0.15, 0.2) is 85.0 Å². The quantitative estimate of drug-likeness (QED) is 0.243. The molecule has 0 aromatic heterocycles. The molecule has 0 atom stereocenters. The third-order valence-electron chi connectivity index (χ3n) is 5.29. The Labute approximate surface area is 212 Å². The number of benzene rings is 3. The highest BCUT2D eigenvalue weighted by atomic mass is 35.5. The number of nitrogens with one attached hydrogen (secondary N) is 1. The van der Waals surface area contributed by atoms with E-state index in [4.69, 9.17) is 27.9 Å². The fourth-order valence-electron chi connectivity index (χ4n) is 3.56. The second-order valence-corrected chi connectivity index (χ2v) is 8.52. The summed E-state index contributed by atoms with van der Waals surface area (Å²) in [7, 11) is 0. The third kappa shape index (κ3) is 5.45. The predicted molar refractivity (Wildman–Crippen MR) is 137 cm³/mol. The lowest BCUT2D eigenvalue weighted by Gasteiger charge is -2.26. The Bertz CT molecular complexity index is 1350. The van der Waals surface area contributed by atoms with Crippen LogP contribution in [-0.4, -0.2) is 17.8 Å². The zero-order chi connectivity index (χ0) is 24.9. The number of carbonyl (C=O) groups excluding carboxylic acids is 3.